The van der Waals surface area contributed by atoms with Gasteiger partial charge < -0.3 is 29.9 Å². The molecule has 0 amide bonds. The first-order valence-electron chi connectivity index (χ1n) is 7.04. The first kappa shape index (κ1) is 18.1. The second-order valence-electron chi connectivity index (χ2n) is 4.94. The Kier molecular flexibility index (Phi) is 8.55. The van der Waals surface area contributed by atoms with Crippen molar-refractivity contribution in [3.05, 3.63) is 10.4 Å². The molecule has 1 saturated heterocycles. The molecule has 21 heavy (non-hydrogen) atoms. The van der Waals surface area contributed by atoms with E-state index in [1.54, 1.807) is 0 Å². The Bertz CT molecular complexity index is 337. The van der Waals surface area contributed by atoms with Crippen LogP contribution in [-0.4, -0.2) is 70.9 Å². The van der Waals surface area contributed by atoms with Gasteiger partial charge in [0.1, 0.15) is 24.4 Å². The highest BCUT2D eigenvalue weighted by molar-refractivity contribution is 4.88. The molecule has 0 aliphatic carbocycles. The van der Waals surface area contributed by atoms with Crippen molar-refractivity contribution in [3.63, 3.8) is 0 Å². The van der Waals surface area contributed by atoms with E-state index < -0.39 is 37.3 Å². The number of unbranched alkanes of at least 4 members (excludes halogenated alkanes) is 3. The van der Waals surface area contributed by atoms with Gasteiger partial charge in [0.15, 0.2) is 6.29 Å². The van der Waals surface area contributed by atoms with Crippen LogP contribution in [0.1, 0.15) is 25.7 Å². The van der Waals surface area contributed by atoms with Crippen molar-refractivity contribution in [1.29, 1.82) is 0 Å². The van der Waals surface area contributed by atoms with E-state index in [9.17, 15) is 15.3 Å². The summed E-state index contributed by atoms with van der Waals surface area (Å²) in [6.07, 6.45) is -2.84. The highest BCUT2D eigenvalue weighted by Crippen LogP contribution is 2.22. The molecule has 0 aromatic carbocycles. The van der Waals surface area contributed by atoms with Crippen LogP contribution in [0.3, 0.4) is 0 Å². The molecule has 9 nitrogen and oxygen atoms in total. The molecule has 0 spiro atoms. The lowest BCUT2D eigenvalue weighted by Gasteiger charge is -2.39. The monoisotopic (exact) mass is 305 g/mol. The topological polar surface area (TPSA) is 148 Å². The number of aliphatic hydroxyl groups excluding tert-OH is 4. The Morgan fingerprint density at radius 2 is 1.76 bits per heavy atom. The van der Waals surface area contributed by atoms with E-state index in [-0.39, 0.29) is 0 Å². The van der Waals surface area contributed by atoms with Crippen LogP contribution < -0.4 is 0 Å². The molecule has 1 aliphatic rings. The van der Waals surface area contributed by atoms with E-state index >= 15 is 0 Å². The Balaban J connectivity index is 2.20. The zero-order chi connectivity index (χ0) is 15.7. The molecule has 0 radical (unpaired) electrons. The molecular formula is C12H23N3O6. The van der Waals surface area contributed by atoms with Crippen LogP contribution in [0, 0.1) is 0 Å². The normalized spacial score (nSPS) is 32.7. The number of hydrogen-bond acceptors (Lipinski definition) is 7. The van der Waals surface area contributed by atoms with Gasteiger partial charge in [0.2, 0.25) is 0 Å². The third-order valence-electron chi connectivity index (χ3n) is 3.35. The summed E-state index contributed by atoms with van der Waals surface area (Å²) in [6, 6.07) is 0. The van der Waals surface area contributed by atoms with E-state index in [0.717, 1.165) is 25.7 Å². The van der Waals surface area contributed by atoms with Crippen LogP contribution in [0.15, 0.2) is 5.11 Å². The van der Waals surface area contributed by atoms with E-state index in [0.29, 0.717) is 13.2 Å². The Morgan fingerprint density at radius 1 is 1.05 bits per heavy atom. The van der Waals surface area contributed by atoms with Crippen molar-refractivity contribution in [2.45, 2.75) is 56.4 Å². The highest BCUT2D eigenvalue weighted by Gasteiger charge is 2.43. The van der Waals surface area contributed by atoms with Gasteiger partial charge in [0, 0.05) is 18.1 Å². The fraction of sp³-hybridized carbons (Fsp3) is 1.00. The van der Waals surface area contributed by atoms with Crippen LogP contribution in [0.25, 0.3) is 10.4 Å². The zero-order valence-electron chi connectivity index (χ0n) is 11.8. The maximum Gasteiger partial charge on any atom is 0.186 e. The smallest absolute Gasteiger partial charge is 0.186 e. The van der Waals surface area contributed by atoms with E-state index in [4.69, 9.17) is 20.1 Å². The second-order valence-corrected chi connectivity index (χ2v) is 4.94. The quantitative estimate of drug-likeness (QED) is 0.198. The first-order valence-corrected chi connectivity index (χ1v) is 7.04. The first-order chi connectivity index (χ1) is 10.1. The predicted octanol–water partition coefficient (Wildman–Crippen LogP) is -0.326. The molecule has 0 aromatic heterocycles. The molecular weight excluding hydrogens is 282 g/mol. The summed E-state index contributed by atoms with van der Waals surface area (Å²) in [6.45, 7) is 0.332. The third kappa shape index (κ3) is 5.76. The van der Waals surface area contributed by atoms with Gasteiger partial charge in [-0.15, -0.1) is 0 Å². The van der Waals surface area contributed by atoms with Gasteiger partial charge in [-0.25, -0.2) is 0 Å². The fourth-order valence-corrected chi connectivity index (χ4v) is 2.09. The maximum atomic E-state index is 9.73. The molecule has 122 valence electrons. The molecule has 1 fully saturated rings. The Hall–Kier alpha value is -0.930. The minimum absolute atomic E-state index is 0.324. The van der Waals surface area contributed by atoms with Gasteiger partial charge in [-0.3, -0.25) is 0 Å². The summed E-state index contributed by atoms with van der Waals surface area (Å²) in [5.41, 5.74) is 8.10. The SMILES string of the molecule is [N-]=[N+]=NCCCCCCO[C@@H]1O[C@H](CO)[C@H](O)[C@H](O)[C@H]1O. The molecule has 1 rings (SSSR count). The second kappa shape index (κ2) is 9.91. The molecule has 4 N–H and O–H groups in total. The van der Waals surface area contributed by atoms with Crippen LogP contribution >= 0.6 is 0 Å². The average molecular weight is 305 g/mol. The van der Waals surface area contributed by atoms with E-state index in [1.807, 2.05) is 0 Å². The van der Waals surface area contributed by atoms with Crippen molar-refractivity contribution < 1.29 is 29.9 Å². The Labute approximate surface area is 122 Å². The molecule has 0 bridgehead atoms. The van der Waals surface area contributed by atoms with Crippen molar-refractivity contribution in [2.24, 2.45) is 5.11 Å². The number of ether oxygens (including phenoxy) is 2. The lowest BCUT2D eigenvalue weighted by atomic mass is 9.99. The van der Waals surface area contributed by atoms with Gasteiger partial charge in [0.05, 0.1) is 6.61 Å². The molecule has 9 heteroatoms. The maximum absolute atomic E-state index is 9.73. The summed E-state index contributed by atoms with van der Waals surface area (Å²) < 4.78 is 10.5. The summed E-state index contributed by atoms with van der Waals surface area (Å²) in [5.74, 6) is 0. The molecule has 1 heterocycles. The number of rotatable bonds is 9. The van der Waals surface area contributed by atoms with Crippen molar-refractivity contribution in [1.82, 2.24) is 0 Å². The molecule has 0 saturated carbocycles. The number of azide groups is 1. The largest absolute Gasteiger partial charge is 0.394 e. The third-order valence-corrected chi connectivity index (χ3v) is 3.35. The number of hydrogen-bond donors (Lipinski definition) is 4. The zero-order valence-corrected chi connectivity index (χ0v) is 11.8. The standard InChI is InChI=1S/C12H23N3O6/c13-15-14-5-3-1-2-4-6-20-12-11(19)10(18)9(17)8(7-16)21-12/h8-12,16-19H,1-7H2/t8-,9+,10+,11-,12-/m1/s1. The van der Waals surface area contributed by atoms with Crippen molar-refractivity contribution >= 4 is 0 Å². The van der Waals surface area contributed by atoms with Crippen LogP contribution in [0.4, 0.5) is 0 Å². The molecule has 0 aromatic rings. The van der Waals surface area contributed by atoms with Gasteiger partial charge in [-0.1, -0.05) is 18.0 Å². The highest BCUT2D eigenvalue weighted by atomic mass is 16.7. The summed E-state index contributed by atoms with van der Waals surface area (Å²) in [7, 11) is 0. The molecule has 1 aliphatic heterocycles. The van der Waals surface area contributed by atoms with Gasteiger partial charge in [-0.05, 0) is 18.4 Å². The van der Waals surface area contributed by atoms with E-state index in [1.165, 1.54) is 0 Å². The van der Waals surface area contributed by atoms with Crippen LogP contribution in [0.5, 0.6) is 0 Å². The molecule has 5 atom stereocenters. The van der Waals surface area contributed by atoms with Gasteiger partial charge in [-0.2, -0.15) is 0 Å². The lowest BCUT2D eigenvalue weighted by molar-refractivity contribution is -0.301. The Morgan fingerprint density at radius 3 is 2.43 bits per heavy atom. The van der Waals surface area contributed by atoms with E-state index in [2.05, 4.69) is 10.0 Å². The molecule has 0 unspecified atom stereocenters. The summed E-state index contributed by atoms with van der Waals surface area (Å²) in [5, 5.41) is 41.4. The minimum atomic E-state index is -1.41. The fourth-order valence-electron chi connectivity index (χ4n) is 2.09. The van der Waals surface area contributed by atoms with Gasteiger partial charge >= 0.3 is 0 Å². The lowest BCUT2D eigenvalue weighted by Crippen LogP contribution is -2.59. The summed E-state index contributed by atoms with van der Waals surface area (Å²) >= 11 is 0. The van der Waals surface area contributed by atoms with Crippen LogP contribution in [-0.2, 0) is 9.47 Å². The average Bonchev–Trinajstić information content (AvgIpc) is 2.49. The van der Waals surface area contributed by atoms with Crippen LogP contribution in [0.2, 0.25) is 0 Å². The predicted molar refractivity (Wildman–Crippen MR) is 72.2 cm³/mol. The van der Waals surface area contributed by atoms with Crippen molar-refractivity contribution in [3.8, 4) is 0 Å². The van der Waals surface area contributed by atoms with Crippen molar-refractivity contribution in [2.75, 3.05) is 19.8 Å². The summed E-state index contributed by atoms with van der Waals surface area (Å²) in [4.78, 5) is 2.66. The number of aliphatic hydroxyl groups is 4. The minimum Gasteiger partial charge on any atom is -0.394 e. The number of nitrogens with zero attached hydrogens (tertiary/aromatic N) is 3. The van der Waals surface area contributed by atoms with Gasteiger partial charge in [0.25, 0.3) is 0 Å².